The summed E-state index contributed by atoms with van der Waals surface area (Å²) in [5.41, 5.74) is 5.19. The monoisotopic (exact) mass is 399 g/mol. The summed E-state index contributed by atoms with van der Waals surface area (Å²) >= 11 is 0. The molecular weight excluding hydrogens is 370 g/mol. The van der Waals surface area contributed by atoms with E-state index in [0.717, 1.165) is 11.1 Å². The summed E-state index contributed by atoms with van der Waals surface area (Å²) in [7, 11) is -4.31. The van der Waals surface area contributed by atoms with Crippen molar-refractivity contribution in [1.82, 2.24) is 0 Å². The number of rotatable bonds is 4. The van der Waals surface area contributed by atoms with Gasteiger partial charge in [-0.15, -0.1) is 0 Å². The second kappa shape index (κ2) is 7.12. The fourth-order valence-electron chi connectivity index (χ4n) is 4.54. The third-order valence-electron chi connectivity index (χ3n) is 6.37. The SMILES string of the molecule is Cc1cc2c(cc1C=Nc1ccccc1S(=O)(=O)O)C(C(C)C)C(C)C2(C)C. The smallest absolute Gasteiger partial charge is 0.282 e. The lowest BCUT2D eigenvalue weighted by molar-refractivity contribution is 0.286. The number of para-hydroxylation sites is 1. The molecule has 1 N–H and O–H groups in total. The molecule has 5 heteroatoms. The minimum atomic E-state index is -4.31. The maximum atomic E-state index is 11.6. The first-order valence-corrected chi connectivity index (χ1v) is 11.1. The van der Waals surface area contributed by atoms with Crippen molar-refractivity contribution in [3.8, 4) is 0 Å². The molecule has 0 saturated carbocycles. The number of nitrogens with zero attached hydrogens (tertiary/aromatic N) is 1. The predicted molar refractivity (Wildman–Crippen MR) is 114 cm³/mol. The summed E-state index contributed by atoms with van der Waals surface area (Å²) in [4.78, 5) is 4.21. The zero-order chi connectivity index (χ0) is 20.9. The highest BCUT2D eigenvalue weighted by atomic mass is 32.2. The van der Waals surface area contributed by atoms with Crippen LogP contribution < -0.4 is 0 Å². The molecule has 0 bridgehead atoms. The van der Waals surface area contributed by atoms with E-state index in [2.05, 4.69) is 58.7 Å². The Balaban J connectivity index is 2.09. The van der Waals surface area contributed by atoms with Gasteiger partial charge in [-0.3, -0.25) is 9.55 Å². The second-order valence-electron chi connectivity index (χ2n) is 8.78. The average Bonchev–Trinajstić information content (AvgIpc) is 2.79. The van der Waals surface area contributed by atoms with Crippen molar-refractivity contribution in [3.05, 3.63) is 58.7 Å². The van der Waals surface area contributed by atoms with Gasteiger partial charge in [0.25, 0.3) is 10.1 Å². The van der Waals surface area contributed by atoms with Crippen molar-refractivity contribution in [2.24, 2.45) is 16.8 Å². The van der Waals surface area contributed by atoms with Crippen LogP contribution in [-0.4, -0.2) is 19.2 Å². The number of benzene rings is 2. The number of aryl methyl sites for hydroxylation is 1. The summed E-state index contributed by atoms with van der Waals surface area (Å²) in [6.45, 7) is 13.5. The molecule has 28 heavy (non-hydrogen) atoms. The topological polar surface area (TPSA) is 66.7 Å². The highest BCUT2D eigenvalue weighted by molar-refractivity contribution is 7.86. The number of aliphatic imine (C=N–C) groups is 1. The van der Waals surface area contributed by atoms with Crippen LogP contribution in [0.25, 0.3) is 0 Å². The van der Waals surface area contributed by atoms with Crippen LogP contribution in [0.1, 0.15) is 62.8 Å². The molecule has 2 unspecified atom stereocenters. The third-order valence-corrected chi connectivity index (χ3v) is 7.27. The molecule has 3 rings (SSSR count). The molecule has 1 aliphatic carbocycles. The molecular formula is C23H29NO3S. The van der Waals surface area contributed by atoms with Crippen LogP contribution in [0.3, 0.4) is 0 Å². The van der Waals surface area contributed by atoms with Crippen LogP contribution in [0.4, 0.5) is 5.69 Å². The number of hydrogen-bond acceptors (Lipinski definition) is 3. The standard InChI is InChI=1S/C23H29NO3S/c1-14(2)22-16(4)23(5,6)19-11-15(3)17(12-18(19)22)13-24-20-9-7-8-10-21(20)28(25,26)27/h7-14,16,22H,1-6H3,(H,25,26,27). The van der Waals surface area contributed by atoms with Crippen molar-refractivity contribution < 1.29 is 13.0 Å². The first-order valence-electron chi connectivity index (χ1n) is 9.70. The van der Waals surface area contributed by atoms with Crippen molar-refractivity contribution in [2.45, 2.75) is 57.8 Å². The maximum Gasteiger partial charge on any atom is 0.296 e. The van der Waals surface area contributed by atoms with Crippen molar-refractivity contribution >= 4 is 22.0 Å². The lowest BCUT2D eigenvalue weighted by Crippen LogP contribution is -2.25. The van der Waals surface area contributed by atoms with Crippen LogP contribution in [-0.2, 0) is 15.5 Å². The molecule has 4 nitrogen and oxygen atoms in total. The van der Waals surface area contributed by atoms with Crippen LogP contribution >= 0.6 is 0 Å². The Morgan fingerprint density at radius 1 is 1.18 bits per heavy atom. The molecule has 2 atom stereocenters. The van der Waals surface area contributed by atoms with E-state index in [1.54, 1.807) is 24.4 Å². The summed E-state index contributed by atoms with van der Waals surface area (Å²) in [6.07, 6.45) is 1.70. The Labute approximate surface area is 168 Å². The normalized spacial score (nSPS) is 21.4. The van der Waals surface area contributed by atoms with Crippen LogP contribution in [0.5, 0.6) is 0 Å². The Hall–Kier alpha value is -1.98. The van der Waals surface area contributed by atoms with E-state index in [-0.39, 0.29) is 16.0 Å². The Morgan fingerprint density at radius 2 is 1.82 bits per heavy atom. The molecule has 0 fully saturated rings. The minimum Gasteiger partial charge on any atom is -0.282 e. The van der Waals surface area contributed by atoms with Gasteiger partial charge in [0, 0.05) is 6.21 Å². The fourth-order valence-corrected chi connectivity index (χ4v) is 5.17. The van der Waals surface area contributed by atoms with Gasteiger partial charge < -0.3 is 0 Å². The molecule has 0 aromatic heterocycles. The van der Waals surface area contributed by atoms with Crippen LogP contribution in [0.15, 0.2) is 46.3 Å². The Morgan fingerprint density at radius 3 is 2.43 bits per heavy atom. The van der Waals surface area contributed by atoms with Gasteiger partial charge in [0.15, 0.2) is 0 Å². The third kappa shape index (κ3) is 3.53. The first kappa shape index (κ1) is 20.7. The highest BCUT2D eigenvalue weighted by Crippen LogP contribution is 2.53. The van der Waals surface area contributed by atoms with E-state index in [1.165, 1.54) is 17.2 Å². The van der Waals surface area contributed by atoms with E-state index in [9.17, 15) is 13.0 Å². The van der Waals surface area contributed by atoms with Gasteiger partial charge in [0.2, 0.25) is 0 Å². The summed E-state index contributed by atoms with van der Waals surface area (Å²) in [6, 6.07) is 10.7. The molecule has 0 heterocycles. The maximum absolute atomic E-state index is 11.6. The van der Waals surface area contributed by atoms with Gasteiger partial charge in [-0.1, -0.05) is 52.8 Å². The van der Waals surface area contributed by atoms with Gasteiger partial charge in [-0.2, -0.15) is 8.42 Å². The first-order chi connectivity index (χ1) is 12.9. The largest absolute Gasteiger partial charge is 0.296 e. The fraction of sp³-hybridized carbons (Fsp3) is 0.435. The summed E-state index contributed by atoms with van der Waals surface area (Å²) in [5, 5.41) is 0. The quantitative estimate of drug-likeness (QED) is 0.533. The molecule has 0 amide bonds. The van der Waals surface area contributed by atoms with E-state index in [4.69, 9.17) is 0 Å². The Bertz CT molecular complexity index is 1040. The average molecular weight is 400 g/mol. The molecule has 0 radical (unpaired) electrons. The van der Waals surface area contributed by atoms with E-state index in [1.807, 2.05) is 0 Å². The van der Waals surface area contributed by atoms with Gasteiger partial charge in [0.1, 0.15) is 4.90 Å². The van der Waals surface area contributed by atoms with Crippen molar-refractivity contribution in [3.63, 3.8) is 0 Å². The minimum absolute atomic E-state index is 0.113. The summed E-state index contributed by atoms with van der Waals surface area (Å²) in [5.74, 6) is 1.54. The molecule has 150 valence electrons. The lowest BCUT2D eigenvalue weighted by atomic mass is 9.74. The van der Waals surface area contributed by atoms with Crippen molar-refractivity contribution in [1.29, 1.82) is 0 Å². The van der Waals surface area contributed by atoms with E-state index in [0.29, 0.717) is 17.8 Å². The van der Waals surface area contributed by atoms with Crippen LogP contribution in [0.2, 0.25) is 0 Å². The van der Waals surface area contributed by atoms with E-state index < -0.39 is 10.1 Å². The zero-order valence-corrected chi connectivity index (χ0v) is 18.2. The highest BCUT2D eigenvalue weighted by Gasteiger charge is 2.44. The molecule has 2 aromatic carbocycles. The van der Waals surface area contributed by atoms with Gasteiger partial charge in [0.05, 0.1) is 5.69 Å². The van der Waals surface area contributed by atoms with E-state index >= 15 is 0 Å². The molecule has 2 aromatic rings. The Kier molecular flexibility index (Phi) is 5.28. The lowest BCUT2D eigenvalue weighted by Gasteiger charge is -2.30. The van der Waals surface area contributed by atoms with Gasteiger partial charge in [-0.25, -0.2) is 0 Å². The van der Waals surface area contributed by atoms with Gasteiger partial charge in [-0.05, 0) is 70.5 Å². The van der Waals surface area contributed by atoms with Gasteiger partial charge >= 0.3 is 0 Å². The predicted octanol–water partition coefficient (Wildman–Crippen LogP) is 5.66. The molecule has 1 aliphatic rings. The second-order valence-corrected chi connectivity index (χ2v) is 10.2. The molecule has 0 spiro atoms. The summed E-state index contributed by atoms with van der Waals surface area (Å²) < 4.78 is 32.6. The molecule has 0 aliphatic heterocycles. The number of fused-ring (bicyclic) bond motifs is 1. The van der Waals surface area contributed by atoms with Crippen molar-refractivity contribution in [2.75, 3.05) is 0 Å². The zero-order valence-electron chi connectivity index (χ0n) is 17.4. The molecule has 0 saturated heterocycles. The van der Waals surface area contributed by atoms with Crippen LogP contribution in [0, 0.1) is 18.8 Å². The number of hydrogen-bond donors (Lipinski definition) is 1.